The largest absolute Gasteiger partial charge is 0.327 e. The first-order valence-electron chi connectivity index (χ1n) is 8.06. The monoisotopic (exact) mass is 275 g/mol. The van der Waals surface area contributed by atoms with E-state index in [1.54, 1.807) is 0 Å². The van der Waals surface area contributed by atoms with E-state index < -0.39 is 0 Å². The van der Waals surface area contributed by atoms with Crippen LogP contribution in [0.4, 0.5) is 0 Å². The number of rotatable bonds is 3. The van der Waals surface area contributed by atoms with Gasteiger partial charge < -0.3 is 9.88 Å². The highest BCUT2D eigenvalue weighted by atomic mass is 15.2. The smallest absolute Gasteiger partial charge is 0.109 e. The van der Waals surface area contributed by atoms with Crippen LogP contribution >= 0.6 is 0 Å². The zero-order chi connectivity index (χ0) is 14.7. The normalized spacial score (nSPS) is 23.9. The van der Waals surface area contributed by atoms with Gasteiger partial charge in [-0.15, -0.1) is 0 Å². The van der Waals surface area contributed by atoms with Crippen molar-refractivity contribution in [1.29, 1.82) is 0 Å². The molecule has 0 amide bonds. The number of aromatic nitrogens is 2. The van der Waals surface area contributed by atoms with Crippen LogP contribution in [0.5, 0.6) is 0 Å². The van der Waals surface area contributed by atoms with Crippen LogP contribution in [0.2, 0.25) is 0 Å². The highest BCUT2D eigenvalue weighted by molar-refractivity contribution is 5.28. The molecule has 0 saturated heterocycles. The lowest BCUT2D eigenvalue weighted by Gasteiger charge is -2.18. The predicted octanol–water partition coefficient (Wildman–Crippen LogP) is 3.33. The summed E-state index contributed by atoms with van der Waals surface area (Å²) in [7, 11) is 0. The van der Waals surface area contributed by atoms with Gasteiger partial charge in [0.15, 0.2) is 0 Å². The Morgan fingerprint density at radius 2 is 1.90 bits per heavy atom. The first-order valence-corrected chi connectivity index (χ1v) is 8.06. The lowest BCUT2D eigenvalue weighted by atomic mass is 10.0. The molecule has 1 N–H and O–H groups in total. The average molecular weight is 275 g/mol. The van der Waals surface area contributed by atoms with E-state index in [0.29, 0.717) is 22.8 Å². The third-order valence-electron chi connectivity index (χ3n) is 5.79. The Hall–Kier alpha value is -0.830. The van der Waals surface area contributed by atoms with E-state index in [1.807, 2.05) is 0 Å². The zero-order valence-electron chi connectivity index (χ0n) is 13.9. The van der Waals surface area contributed by atoms with Gasteiger partial charge in [-0.3, -0.25) is 0 Å². The minimum absolute atomic E-state index is 0.373. The summed E-state index contributed by atoms with van der Waals surface area (Å²) < 4.78 is 2.62. The highest BCUT2D eigenvalue weighted by Gasteiger charge is 2.66. The van der Waals surface area contributed by atoms with Crippen LogP contribution in [0.25, 0.3) is 0 Å². The molecular weight excluding hydrogens is 246 g/mol. The molecule has 0 spiro atoms. The second-order valence-electron chi connectivity index (χ2n) is 8.16. The van der Waals surface area contributed by atoms with Gasteiger partial charge in [-0.2, -0.15) is 0 Å². The average Bonchev–Trinajstić information content (AvgIpc) is 2.64. The first-order chi connectivity index (χ1) is 9.26. The van der Waals surface area contributed by atoms with Crippen molar-refractivity contribution in [3.8, 4) is 0 Å². The Labute approximate surface area is 123 Å². The number of hydrogen-bond acceptors (Lipinski definition) is 2. The lowest BCUT2D eigenvalue weighted by Crippen LogP contribution is -2.25. The fourth-order valence-electron chi connectivity index (χ4n) is 4.01. The van der Waals surface area contributed by atoms with E-state index in [4.69, 9.17) is 4.98 Å². The summed E-state index contributed by atoms with van der Waals surface area (Å²) in [6.45, 7) is 16.2. The molecule has 3 rings (SSSR count). The van der Waals surface area contributed by atoms with Crippen molar-refractivity contribution in [2.75, 3.05) is 6.54 Å². The fraction of sp³-hybridized carbons (Fsp3) is 0.824. The number of fused-ring (bicyclic) bond motifs is 1. The van der Waals surface area contributed by atoms with Gasteiger partial charge in [0.2, 0.25) is 0 Å². The molecule has 0 unspecified atom stereocenters. The second kappa shape index (κ2) is 4.33. The van der Waals surface area contributed by atoms with Crippen LogP contribution in [0.15, 0.2) is 0 Å². The maximum absolute atomic E-state index is 4.98. The van der Waals surface area contributed by atoms with Crippen LogP contribution in [0, 0.1) is 16.7 Å². The van der Waals surface area contributed by atoms with Gasteiger partial charge in [-0.05, 0) is 16.7 Å². The predicted molar refractivity (Wildman–Crippen MR) is 82.8 cm³/mol. The molecule has 3 nitrogen and oxygen atoms in total. The third kappa shape index (κ3) is 1.86. The minimum Gasteiger partial charge on any atom is -0.327 e. The van der Waals surface area contributed by atoms with E-state index in [2.05, 4.69) is 51.4 Å². The lowest BCUT2D eigenvalue weighted by molar-refractivity contribution is 0.457. The van der Waals surface area contributed by atoms with E-state index in [1.165, 1.54) is 17.2 Å². The molecule has 1 aromatic rings. The molecule has 1 saturated carbocycles. The first kappa shape index (κ1) is 14.1. The van der Waals surface area contributed by atoms with Crippen molar-refractivity contribution in [1.82, 2.24) is 14.9 Å². The van der Waals surface area contributed by atoms with Gasteiger partial charge in [0.05, 0.1) is 5.69 Å². The summed E-state index contributed by atoms with van der Waals surface area (Å²) in [4.78, 5) is 4.98. The van der Waals surface area contributed by atoms with Crippen molar-refractivity contribution >= 4 is 0 Å². The molecule has 1 aromatic heterocycles. The van der Waals surface area contributed by atoms with Crippen LogP contribution < -0.4 is 5.32 Å². The number of nitrogens with zero attached hydrogens (tertiary/aromatic N) is 2. The van der Waals surface area contributed by atoms with Crippen LogP contribution in [-0.4, -0.2) is 16.1 Å². The Kier molecular flexibility index (Phi) is 3.06. The zero-order valence-corrected chi connectivity index (χ0v) is 13.9. The third-order valence-corrected chi connectivity index (χ3v) is 5.79. The molecule has 20 heavy (non-hydrogen) atoms. The fourth-order valence-corrected chi connectivity index (χ4v) is 4.01. The molecule has 2 aliphatic rings. The molecular formula is C17H29N3. The molecule has 1 aliphatic carbocycles. The van der Waals surface area contributed by atoms with Crippen molar-refractivity contribution in [3.63, 3.8) is 0 Å². The Morgan fingerprint density at radius 3 is 2.45 bits per heavy atom. The van der Waals surface area contributed by atoms with Crippen molar-refractivity contribution in [2.45, 2.75) is 67.0 Å². The second-order valence-corrected chi connectivity index (χ2v) is 8.16. The van der Waals surface area contributed by atoms with Gasteiger partial charge in [0.25, 0.3) is 0 Å². The number of imidazole rings is 1. The molecule has 3 heteroatoms. The van der Waals surface area contributed by atoms with Gasteiger partial charge in [-0.25, -0.2) is 4.98 Å². The standard InChI is InChI=1S/C17H29N3/c1-11(2)9-14-19-12-10-18-8-7-13(12)20(14)15-16(3,4)17(15,5)6/h11,15,18H,7-10H2,1-6H3. The van der Waals surface area contributed by atoms with E-state index in [0.717, 1.165) is 25.9 Å². The Morgan fingerprint density at radius 1 is 1.25 bits per heavy atom. The summed E-state index contributed by atoms with van der Waals surface area (Å²) in [5, 5.41) is 3.46. The summed E-state index contributed by atoms with van der Waals surface area (Å²) in [5.74, 6) is 1.98. The molecule has 1 fully saturated rings. The van der Waals surface area contributed by atoms with Crippen molar-refractivity contribution in [3.05, 3.63) is 17.2 Å². The maximum atomic E-state index is 4.98. The molecule has 0 radical (unpaired) electrons. The quantitative estimate of drug-likeness (QED) is 0.917. The van der Waals surface area contributed by atoms with Crippen LogP contribution in [0.3, 0.4) is 0 Å². The van der Waals surface area contributed by atoms with E-state index >= 15 is 0 Å². The molecule has 112 valence electrons. The van der Waals surface area contributed by atoms with E-state index in [9.17, 15) is 0 Å². The molecule has 1 aliphatic heterocycles. The van der Waals surface area contributed by atoms with Crippen LogP contribution in [0.1, 0.15) is 64.8 Å². The topological polar surface area (TPSA) is 29.9 Å². The number of nitrogens with one attached hydrogen (secondary N) is 1. The maximum Gasteiger partial charge on any atom is 0.109 e. The molecule has 2 heterocycles. The van der Waals surface area contributed by atoms with Crippen molar-refractivity contribution in [2.24, 2.45) is 16.7 Å². The molecule has 0 bridgehead atoms. The summed E-state index contributed by atoms with van der Waals surface area (Å²) in [5.41, 5.74) is 3.55. The summed E-state index contributed by atoms with van der Waals surface area (Å²) in [6.07, 6.45) is 2.22. The molecule has 0 aromatic carbocycles. The van der Waals surface area contributed by atoms with Gasteiger partial charge in [0, 0.05) is 37.7 Å². The SMILES string of the molecule is CC(C)Cc1nc2c(n1C1C(C)(C)C1(C)C)CCNC2. The van der Waals surface area contributed by atoms with E-state index in [-0.39, 0.29) is 0 Å². The van der Waals surface area contributed by atoms with Crippen LogP contribution in [-0.2, 0) is 19.4 Å². The van der Waals surface area contributed by atoms with Gasteiger partial charge >= 0.3 is 0 Å². The Bertz CT molecular complexity index is 509. The van der Waals surface area contributed by atoms with Gasteiger partial charge in [0.1, 0.15) is 5.82 Å². The number of hydrogen-bond donors (Lipinski definition) is 1. The highest BCUT2D eigenvalue weighted by Crippen LogP contribution is 2.72. The minimum atomic E-state index is 0.373. The molecule has 0 atom stereocenters. The van der Waals surface area contributed by atoms with Crippen molar-refractivity contribution < 1.29 is 0 Å². The summed E-state index contributed by atoms with van der Waals surface area (Å²) >= 11 is 0. The Balaban J connectivity index is 2.07. The summed E-state index contributed by atoms with van der Waals surface area (Å²) in [6, 6.07) is 0.609. The van der Waals surface area contributed by atoms with Gasteiger partial charge in [-0.1, -0.05) is 41.5 Å².